The lowest BCUT2D eigenvalue weighted by Crippen LogP contribution is -2.24. The topological polar surface area (TPSA) is 37.4 Å². The van der Waals surface area contributed by atoms with Gasteiger partial charge in [-0.3, -0.25) is 9.59 Å². The van der Waals surface area contributed by atoms with Crippen molar-refractivity contribution >= 4 is 22.9 Å². The number of imide groups is 1. The molecule has 10 heavy (non-hydrogen) atoms. The van der Waals surface area contributed by atoms with Crippen LogP contribution in [0.5, 0.6) is 0 Å². The quantitative estimate of drug-likeness (QED) is 0.434. The van der Waals surface area contributed by atoms with E-state index >= 15 is 0 Å². The average Bonchev–Trinajstić information content (AvgIpc) is 1.81. The number of halogens is 1. The maximum atomic E-state index is 10.5. The molecular formula is C6H8ClNO2. The Labute approximate surface area is 64.3 Å². The molecule has 0 radical (unpaired) electrons. The summed E-state index contributed by atoms with van der Waals surface area (Å²) in [5, 5.41) is -0.786. The number of hydrogen-bond donors (Lipinski definition) is 0. The highest BCUT2D eigenvalue weighted by atomic mass is 35.5. The van der Waals surface area contributed by atoms with E-state index in [1.807, 2.05) is 0 Å². The summed E-state index contributed by atoms with van der Waals surface area (Å²) in [5.74, 6) is -0.391. The molecule has 0 aromatic heterocycles. The molecular weight excluding hydrogens is 154 g/mol. The Hall–Kier alpha value is -0.830. The van der Waals surface area contributed by atoms with E-state index in [1.165, 1.54) is 13.1 Å². The third kappa shape index (κ3) is 2.64. The Kier molecular flexibility index (Phi) is 3.72. The molecule has 3 nitrogen and oxygen atoms in total. The first-order chi connectivity index (χ1) is 4.59. The Balaban J connectivity index is 4.27. The fraction of sp³-hybridized carbons (Fsp3) is 0.333. The lowest BCUT2D eigenvalue weighted by atomic mass is 10.6. The van der Waals surface area contributed by atoms with Crippen molar-refractivity contribution in [2.24, 2.45) is 0 Å². The first-order valence-corrected chi connectivity index (χ1v) is 3.09. The number of rotatable bonds is 1. The van der Waals surface area contributed by atoms with Crippen molar-refractivity contribution in [3.63, 3.8) is 0 Å². The molecule has 0 aliphatic carbocycles. The smallest absolute Gasteiger partial charge is 0.274 e. The third-order valence-electron chi connectivity index (χ3n) is 0.827. The Bertz CT molecular complexity index is 163. The molecule has 0 saturated heterocycles. The van der Waals surface area contributed by atoms with E-state index in [1.54, 1.807) is 13.0 Å². The van der Waals surface area contributed by atoms with Crippen LogP contribution in [0.2, 0.25) is 0 Å². The highest BCUT2D eigenvalue weighted by Crippen LogP contribution is 1.97. The molecule has 0 spiro atoms. The van der Waals surface area contributed by atoms with Crippen LogP contribution in [-0.4, -0.2) is 16.2 Å². The Morgan fingerprint density at radius 2 is 2.00 bits per heavy atom. The summed E-state index contributed by atoms with van der Waals surface area (Å²) < 4.78 is 0. The zero-order valence-electron chi connectivity index (χ0n) is 5.80. The second-order valence-corrected chi connectivity index (χ2v) is 1.95. The molecule has 0 N–H and O–H groups in total. The molecule has 0 rings (SSSR count). The van der Waals surface area contributed by atoms with Crippen LogP contribution in [0, 0.1) is 0 Å². The minimum atomic E-state index is -0.786. The predicted octanol–water partition coefficient (Wildman–Crippen LogP) is 1.73. The zero-order chi connectivity index (χ0) is 8.15. The Morgan fingerprint density at radius 1 is 1.50 bits per heavy atom. The molecule has 56 valence electrons. The van der Waals surface area contributed by atoms with Gasteiger partial charge in [-0.25, -0.2) is 4.90 Å². The lowest BCUT2D eigenvalue weighted by Gasteiger charge is -2.07. The van der Waals surface area contributed by atoms with E-state index in [4.69, 9.17) is 11.6 Å². The second kappa shape index (κ2) is 4.06. The van der Waals surface area contributed by atoms with Crippen molar-refractivity contribution in [2.45, 2.75) is 13.8 Å². The molecule has 0 saturated carbocycles. The molecule has 0 aliphatic rings. The molecule has 0 atom stereocenters. The largest absolute Gasteiger partial charge is 0.327 e. The number of carbonyl (C=O) groups is 2. The van der Waals surface area contributed by atoms with E-state index in [2.05, 4.69) is 0 Å². The normalized spacial score (nSPS) is 9.90. The fourth-order valence-electron chi connectivity index (χ4n) is 0.436. The van der Waals surface area contributed by atoms with Crippen LogP contribution in [0.4, 0.5) is 4.79 Å². The van der Waals surface area contributed by atoms with Gasteiger partial charge >= 0.3 is 5.37 Å². The van der Waals surface area contributed by atoms with Crippen LogP contribution in [0.25, 0.3) is 0 Å². The standard InChI is InChI=1S/C6H8ClNO2/c1-3-4-8(5(2)9)6(7)10/h3-4H,1-2H3. The molecule has 0 aliphatic heterocycles. The van der Waals surface area contributed by atoms with Crippen LogP contribution in [0.3, 0.4) is 0 Å². The number of amides is 2. The average molecular weight is 162 g/mol. The summed E-state index contributed by atoms with van der Waals surface area (Å²) >= 11 is 5.03. The highest BCUT2D eigenvalue weighted by molar-refractivity contribution is 6.64. The summed E-state index contributed by atoms with van der Waals surface area (Å²) in [7, 11) is 0. The van der Waals surface area contributed by atoms with E-state index in [9.17, 15) is 9.59 Å². The van der Waals surface area contributed by atoms with Gasteiger partial charge in [0.15, 0.2) is 0 Å². The maximum absolute atomic E-state index is 10.5. The summed E-state index contributed by atoms with van der Waals surface area (Å²) in [4.78, 5) is 21.8. The minimum Gasteiger partial charge on any atom is -0.274 e. The summed E-state index contributed by atoms with van der Waals surface area (Å²) in [6.45, 7) is 2.95. The van der Waals surface area contributed by atoms with Crippen molar-refractivity contribution in [1.29, 1.82) is 0 Å². The molecule has 0 bridgehead atoms. The first kappa shape index (κ1) is 9.17. The van der Waals surface area contributed by atoms with Crippen molar-refractivity contribution in [1.82, 2.24) is 4.90 Å². The van der Waals surface area contributed by atoms with E-state index < -0.39 is 11.3 Å². The number of carbonyl (C=O) groups excluding carboxylic acids is 2. The van der Waals surface area contributed by atoms with Gasteiger partial charge in [-0.1, -0.05) is 6.08 Å². The van der Waals surface area contributed by atoms with Gasteiger partial charge in [0.2, 0.25) is 5.91 Å². The highest BCUT2D eigenvalue weighted by Gasteiger charge is 2.10. The van der Waals surface area contributed by atoms with Crippen molar-refractivity contribution in [3.05, 3.63) is 12.3 Å². The number of hydrogen-bond acceptors (Lipinski definition) is 2. The monoisotopic (exact) mass is 161 g/mol. The van der Waals surface area contributed by atoms with E-state index in [0.717, 1.165) is 4.90 Å². The van der Waals surface area contributed by atoms with Crippen molar-refractivity contribution < 1.29 is 9.59 Å². The van der Waals surface area contributed by atoms with Gasteiger partial charge in [0.05, 0.1) is 0 Å². The zero-order valence-corrected chi connectivity index (χ0v) is 6.55. The van der Waals surface area contributed by atoms with E-state index in [0.29, 0.717) is 0 Å². The predicted molar refractivity (Wildman–Crippen MR) is 38.6 cm³/mol. The molecule has 4 heteroatoms. The summed E-state index contributed by atoms with van der Waals surface area (Å²) in [6, 6.07) is 0. The fourth-order valence-corrected chi connectivity index (χ4v) is 0.612. The van der Waals surface area contributed by atoms with Crippen molar-refractivity contribution in [2.75, 3.05) is 0 Å². The van der Waals surface area contributed by atoms with Gasteiger partial charge in [0.1, 0.15) is 0 Å². The third-order valence-corrected chi connectivity index (χ3v) is 1.01. The molecule has 0 heterocycles. The van der Waals surface area contributed by atoms with E-state index in [-0.39, 0.29) is 0 Å². The maximum Gasteiger partial charge on any atom is 0.327 e. The van der Waals surface area contributed by atoms with Gasteiger partial charge in [-0.05, 0) is 18.5 Å². The number of nitrogens with zero attached hydrogens (tertiary/aromatic N) is 1. The molecule has 0 fully saturated rings. The van der Waals surface area contributed by atoms with Gasteiger partial charge in [-0.2, -0.15) is 0 Å². The first-order valence-electron chi connectivity index (χ1n) is 2.71. The van der Waals surface area contributed by atoms with Crippen LogP contribution >= 0.6 is 11.6 Å². The van der Waals surface area contributed by atoms with Gasteiger partial charge in [0, 0.05) is 13.1 Å². The van der Waals surface area contributed by atoms with Crippen LogP contribution in [0.15, 0.2) is 12.3 Å². The molecule has 0 aromatic rings. The molecule has 0 aromatic carbocycles. The van der Waals surface area contributed by atoms with Gasteiger partial charge in [-0.15, -0.1) is 0 Å². The molecule has 0 unspecified atom stereocenters. The summed E-state index contributed by atoms with van der Waals surface area (Å²) in [5.41, 5.74) is 0. The molecule has 2 amide bonds. The van der Waals surface area contributed by atoms with Crippen LogP contribution < -0.4 is 0 Å². The van der Waals surface area contributed by atoms with Gasteiger partial charge < -0.3 is 0 Å². The second-order valence-electron chi connectivity index (χ2n) is 1.62. The number of allylic oxidation sites excluding steroid dienone is 1. The Morgan fingerprint density at radius 3 is 2.10 bits per heavy atom. The summed E-state index contributed by atoms with van der Waals surface area (Å²) in [6.07, 6.45) is 2.87. The lowest BCUT2D eigenvalue weighted by molar-refractivity contribution is -0.123. The van der Waals surface area contributed by atoms with Gasteiger partial charge in [0.25, 0.3) is 0 Å². The SMILES string of the molecule is CC=CN(C(C)=O)C(=O)Cl. The van der Waals surface area contributed by atoms with Crippen LogP contribution in [0.1, 0.15) is 13.8 Å². The van der Waals surface area contributed by atoms with Crippen molar-refractivity contribution in [3.8, 4) is 0 Å². The van der Waals surface area contributed by atoms with Crippen LogP contribution in [-0.2, 0) is 4.79 Å². The minimum absolute atomic E-state index is 0.391.